The molecule has 1 amide bonds. The van der Waals surface area contributed by atoms with Crippen LogP contribution in [0.3, 0.4) is 0 Å². The number of H-pyrrole nitrogens is 1. The fourth-order valence-corrected chi connectivity index (χ4v) is 5.33. The lowest BCUT2D eigenvalue weighted by atomic mass is 9.88. The van der Waals surface area contributed by atoms with Crippen molar-refractivity contribution in [2.45, 2.75) is 77.1 Å². The Morgan fingerprint density at radius 1 is 1.20 bits per heavy atom. The van der Waals surface area contributed by atoms with E-state index < -0.39 is 0 Å². The van der Waals surface area contributed by atoms with Crippen LogP contribution in [0.1, 0.15) is 79.5 Å². The highest BCUT2D eigenvalue weighted by Gasteiger charge is 2.35. The van der Waals surface area contributed by atoms with E-state index in [9.17, 15) is 9.90 Å². The lowest BCUT2D eigenvalue weighted by molar-refractivity contribution is -0.00200. The minimum Gasteiger partial charge on any atom is -0.416 e. The van der Waals surface area contributed by atoms with Crippen molar-refractivity contribution < 1.29 is 14.3 Å². The van der Waals surface area contributed by atoms with E-state index in [1.807, 2.05) is 39.8 Å². The molecule has 214 valence electrons. The van der Waals surface area contributed by atoms with Crippen molar-refractivity contribution in [2.24, 2.45) is 0 Å². The molecule has 6 rings (SSSR count). The second kappa shape index (κ2) is 10.7. The van der Waals surface area contributed by atoms with Crippen molar-refractivity contribution in [3.63, 3.8) is 0 Å². The molecule has 1 saturated carbocycles. The average Bonchev–Trinajstić information content (AvgIpc) is 3.54. The average molecular weight is 558 g/mol. The first-order chi connectivity index (χ1) is 19.6. The number of aromatic amines is 1. The summed E-state index contributed by atoms with van der Waals surface area (Å²) in [7, 11) is 0. The number of fused-ring (bicyclic) bond motifs is 1. The van der Waals surface area contributed by atoms with Gasteiger partial charge in [0.15, 0.2) is 0 Å². The number of nitrogens with zero attached hydrogens (tertiary/aromatic N) is 6. The van der Waals surface area contributed by atoms with E-state index in [1.165, 1.54) is 0 Å². The van der Waals surface area contributed by atoms with Gasteiger partial charge < -0.3 is 20.2 Å². The maximum absolute atomic E-state index is 13.2. The normalized spacial score (nSPS) is 21.0. The number of anilines is 2. The summed E-state index contributed by atoms with van der Waals surface area (Å²) in [4.78, 5) is 24.7. The molecular formula is C29H35N9O3. The minimum atomic E-state index is -0.387. The number of hydrogen-bond acceptors (Lipinski definition) is 10. The summed E-state index contributed by atoms with van der Waals surface area (Å²) in [6.07, 6.45) is 5.50. The third kappa shape index (κ3) is 5.70. The van der Waals surface area contributed by atoms with Crippen molar-refractivity contribution in [1.29, 1.82) is 0 Å². The van der Waals surface area contributed by atoms with E-state index in [0.717, 1.165) is 59.6 Å². The Balaban J connectivity index is 1.28. The first-order valence-corrected chi connectivity index (χ1v) is 13.9. The number of aliphatic hydroxyl groups excluding tert-OH is 1. The molecule has 4 N–H and O–H groups in total. The Labute approximate surface area is 238 Å². The number of aryl methyl sites for hydroxylation is 1. The number of rotatable bonds is 6. The molecule has 1 aliphatic heterocycles. The van der Waals surface area contributed by atoms with Gasteiger partial charge in [0.1, 0.15) is 0 Å². The van der Waals surface area contributed by atoms with Crippen molar-refractivity contribution >= 4 is 17.5 Å². The molecule has 0 spiro atoms. The highest BCUT2D eigenvalue weighted by Crippen LogP contribution is 2.35. The zero-order chi connectivity index (χ0) is 28.7. The van der Waals surface area contributed by atoms with Crippen molar-refractivity contribution in [1.82, 2.24) is 40.6 Å². The Hall–Kier alpha value is -4.16. The first-order valence-electron chi connectivity index (χ1n) is 13.9. The van der Waals surface area contributed by atoms with Crippen LogP contribution in [0.4, 0.5) is 11.6 Å². The van der Waals surface area contributed by atoms with Gasteiger partial charge in [0.25, 0.3) is 0 Å². The molecule has 0 saturated heterocycles. The standard InChI is InChI=1S/C29H35N9O3/c1-16-24(14-31-35-16)34-28-30-9-7-22(33-28)17-5-6-21-18(11-17)15-38(19-12-20(39)13-19)10-8-23(21)32-25(40)26-36-37-27(41-26)29(2,3)4/h5-7,9,11,14,19-20,23,39H,8,10,12-13,15H2,1-4H3,(H,31,35)(H,32,40)(H,30,33,34)/t19?,20?,23-/m1/s1. The molecule has 0 unspecified atom stereocenters. The molecule has 1 aliphatic carbocycles. The van der Waals surface area contributed by atoms with Gasteiger partial charge in [0, 0.05) is 42.5 Å². The molecule has 0 radical (unpaired) electrons. The van der Waals surface area contributed by atoms with Gasteiger partial charge in [-0.15, -0.1) is 10.2 Å². The van der Waals surface area contributed by atoms with Crippen LogP contribution in [0.15, 0.2) is 41.1 Å². The lowest BCUT2D eigenvalue weighted by Crippen LogP contribution is -2.47. The van der Waals surface area contributed by atoms with Crippen LogP contribution in [0.25, 0.3) is 11.3 Å². The van der Waals surface area contributed by atoms with Gasteiger partial charge in [-0.1, -0.05) is 32.9 Å². The largest absolute Gasteiger partial charge is 0.416 e. The quantitative estimate of drug-likeness (QED) is 0.275. The van der Waals surface area contributed by atoms with Crippen LogP contribution in [0.5, 0.6) is 0 Å². The fourth-order valence-electron chi connectivity index (χ4n) is 5.33. The van der Waals surface area contributed by atoms with Crippen LogP contribution in [-0.2, 0) is 12.0 Å². The number of hydrogen-bond donors (Lipinski definition) is 4. The molecule has 12 nitrogen and oxygen atoms in total. The molecule has 2 aliphatic rings. The molecule has 1 aromatic carbocycles. The van der Waals surface area contributed by atoms with Gasteiger partial charge in [0.2, 0.25) is 11.8 Å². The predicted molar refractivity (Wildman–Crippen MR) is 151 cm³/mol. The smallest absolute Gasteiger partial charge is 0.309 e. The Bertz CT molecular complexity index is 1550. The van der Waals surface area contributed by atoms with Gasteiger partial charge in [-0.3, -0.25) is 14.8 Å². The van der Waals surface area contributed by atoms with Crippen LogP contribution in [0.2, 0.25) is 0 Å². The number of aliphatic hydroxyl groups is 1. The number of carbonyl (C=O) groups is 1. The second-order valence-corrected chi connectivity index (χ2v) is 11.9. The van der Waals surface area contributed by atoms with Crippen molar-refractivity contribution in [3.05, 3.63) is 65.3 Å². The summed E-state index contributed by atoms with van der Waals surface area (Å²) < 4.78 is 5.70. The molecule has 12 heteroatoms. The zero-order valence-electron chi connectivity index (χ0n) is 23.7. The Morgan fingerprint density at radius 2 is 2.02 bits per heavy atom. The van der Waals surface area contributed by atoms with Gasteiger partial charge in [-0.25, -0.2) is 9.97 Å². The summed E-state index contributed by atoms with van der Waals surface area (Å²) in [6, 6.07) is 8.20. The topological polar surface area (TPSA) is 158 Å². The number of aromatic nitrogens is 6. The monoisotopic (exact) mass is 557 g/mol. The second-order valence-electron chi connectivity index (χ2n) is 11.9. The zero-order valence-corrected chi connectivity index (χ0v) is 23.7. The molecule has 4 aromatic rings. The summed E-state index contributed by atoms with van der Waals surface area (Å²) in [5, 5.41) is 31.4. The predicted octanol–water partition coefficient (Wildman–Crippen LogP) is 3.80. The SMILES string of the molecule is Cc1n[nH]cc1Nc1nccc(-c2ccc3c(c2)CN(C2CC(O)C2)CC[C@H]3NC(=O)c2nnc(C(C)(C)C)o2)n1. The Morgan fingerprint density at radius 3 is 2.73 bits per heavy atom. The lowest BCUT2D eigenvalue weighted by Gasteiger charge is -2.40. The van der Waals surface area contributed by atoms with Crippen LogP contribution in [0, 0.1) is 6.92 Å². The van der Waals surface area contributed by atoms with E-state index in [-0.39, 0.29) is 29.4 Å². The molecule has 0 bridgehead atoms. The summed E-state index contributed by atoms with van der Waals surface area (Å²) >= 11 is 0. The molecule has 3 aromatic heterocycles. The maximum atomic E-state index is 13.2. The van der Waals surface area contributed by atoms with Gasteiger partial charge >= 0.3 is 11.8 Å². The molecule has 41 heavy (non-hydrogen) atoms. The summed E-state index contributed by atoms with van der Waals surface area (Å²) in [6.45, 7) is 9.29. The highest BCUT2D eigenvalue weighted by atomic mass is 16.4. The van der Waals surface area contributed by atoms with Crippen LogP contribution < -0.4 is 10.6 Å². The number of benzene rings is 1. The van der Waals surface area contributed by atoms with Gasteiger partial charge in [-0.2, -0.15) is 5.10 Å². The first kappa shape index (κ1) is 27.0. The van der Waals surface area contributed by atoms with E-state index in [0.29, 0.717) is 24.4 Å². The van der Waals surface area contributed by atoms with Crippen molar-refractivity contribution in [2.75, 3.05) is 11.9 Å². The number of carbonyl (C=O) groups excluding carboxylic acids is 1. The van der Waals surface area contributed by atoms with E-state index in [1.54, 1.807) is 12.4 Å². The molecule has 1 fully saturated rings. The minimum absolute atomic E-state index is 0.0369. The van der Waals surface area contributed by atoms with Crippen LogP contribution >= 0.6 is 0 Å². The van der Waals surface area contributed by atoms with Gasteiger partial charge in [-0.05, 0) is 49.4 Å². The maximum Gasteiger partial charge on any atom is 0.309 e. The van der Waals surface area contributed by atoms with Gasteiger partial charge in [0.05, 0.1) is 29.2 Å². The number of nitrogens with one attached hydrogen (secondary N) is 3. The van der Waals surface area contributed by atoms with E-state index in [4.69, 9.17) is 9.40 Å². The number of amides is 1. The Kier molecular flexibility index (Phi) is 7.04. The highest BCUT2D eigenvalue weighted by molar-refractivity contribution is 5.89. The summed E-state index contributed by atoms with van der Waals surface area (Å²) in [5.74, 6) is 0.475. The molecule has 4 heterocycles. The third-order valence-corrected chi connectivity index (χ3v) is 7.80. The third-order valence-electron chi connectivity index (χ3n) is 7.80. The van der Waals surface area contributed by atoms with E-state index >= 15 is 0 Å². The van der Waals surface area contributed by atoms with Crippen LogP contribution in [-0.4, -0.2) is 65.0 Å². The van der Waals surface area contributed by atoms with E-state index in [2.05, 4.69) is 53.0 Å². The molecule has 1 atom stereocenters. The fraction of sp³-hybridized carbons (Fsp3) is 0.448. The molecular weight excluding hydrogens is 522 g/mol. The van der Waals surface area contributed by atoms with Crippen molar-refractivity contribution in [3.8, 4) is 11.3 Å². The summed E-state index contributed by atoms with van der Waals surface area (Å²) in [5.41, 5.74) is 5.17.